The van der Waals surface area contributed by atoms with Crippen molar-refractivity contribution in [1.29, 1.82) is 0 Å². The van der Waals surface area contributed by atoms with Gasteiger partial charge in [0.1, 0.15) is 24.2 Å². The number of aromatic amines is 4. The number of anilines is 4. The first-order valence-electron chi connectivity index (χ1n) is 38.0. The van der Waals surface area contributed by atoms with E-state index in [1.165, 1.54) is 38.0 Å². The molecule has 1 saturated carbocycles. The van der Waals surface area contributed by atoms with E-state index in [4.69, 9.17) is 0 Å². The van der Waals surface area contributed by atoms with E-state index in [0.29, 0.717) is 45.5 Å². The summed E-state index contributed by atoms with van der Waals surface area (Å²) < 4.78 is 38.5. The molecule has 4 saturated heterocycles. The Morgan fingerprint density at radius 3 is 0.957 bits per heavy atom. The molecule has 9 aliphatic rings. The Morgan fingerprint density at radius 1 is 0.325 bits per heavy atom. The van der Waals surface area contributed by atoms with Crippen molar-refractivity contribution in [3.8, 4) is 44.9 Å². The maximum Gasteiger partial charge on any atom is 0.417 e. The van der Waals surface area contributed by atoms with Gasteiger partial charge in [0.15, 0.2) is 0 Å². The highest BCUT2D eigenvalue weighted by molar-refractivity contribution is 6.17. The maximum atomic E-state index is 12.8. The molecule has 117 heavy (non-hydrogen) atoms. The van der Waals surface area contributed by atoms with Gasteiger partial charge in [0.05, 0.1) is 28.3 Å². The number of imide groups is 4. The molecule has 12 heterocycles. The smallest absolute Gasteiger partial charge is 0.365 e. The second kappa shape index (κ2) is 29.9. The zero-order valence-corrected chi connectivity index (χ0v) is 62.7. The summed E-state index contributed by atoms with van der Waals surface area (Å²) in [6.07, 6.45) is 15.4. The number of nitrogens with zero attached hydrogens (tertiary/aromatic N) is 8. The van der Waals surface area contributed by atoms with Crippen LogP contribution in [0.1, 0.15) is 110 Å². The van der Waals surface area contributed by atoms with Crippen LogP contribution in [0.3, 0.4) is 0 Å². The third-order valence-electron chi connectivity index (χ3n) is 22.0. The van der Waals surface area contributed by atoms with Crippen molar-refractivity contribution in [2.75, 3.05) is 19.6 Å². The molecule has 0 radical (unpaired) electrons. The number of aromatic nitrogens is 4. The Hall–Kier alpha value is -14.9. The monoisotopic (exact) mass is 1560 g/mol. The van der Waals surface area contributed by atoms with Crippen LogP contribution in [0.25, 0.3) is 44.9 Å². The van der Waals surface area contributed by atoms with E-state index >= 15 is 0 Å². The van der Waals surface area contributed by atoms with Crippen LogP contribution in [0.2, 0.25) is 0 Å². The van der Waals surface area contributed by atoms with Crippen LogP contribution in [0.5, 0.6) is 0 Å². The summed E-state index contributed by atoms with van der Waals surface area (Å²) in [5, 5.41) is 9.65. The predicted molar refractivity (Wildman–Crippen MR) is 440 cm³/mol. The number of H-pyrrole nitrogens is 4. The largest absolute Gasteiger partial charge is 0.417 e. The van der Waals surface area contributed by atoms with Gasteiger partial charge in [0.2, 0.25) is 0 Å². The highest BCUT2D eigenvalue weighted by atomic mass is 19.4. The van der Waals surface area contributed by atoms with Crippen molar-refractivity contribution >= 4 is 118 Å². The zero-order valence-electron chi connectivity index (χ0n) is 62.7. The second-order valence-corrected chi connectivity index (χ2v) is 29.7. The Morgan fingerprint density at radius 2 is 0.650 bits per heavy atom. The van der Waals surface area contributed by atoms with Crippen molar-refractivity contribution in [3.05, 3.63) is 286 Å². The van der Waals surface area contributed by atoms with Crippen LogP contribution < -0.4 is 40.9 Å². The van der Waals surface area contributed by atoms with Crippen LogP contribution in [-0.2, 0) is 51.0 Å². The number of alkyl halides is 3. The molecule has 27 heteroatoms. The minimum Gasteiger partial charge on any atom is -0.365 e. The molecule has 0 bridgehead atoms. The summed E-state index contributed by atoms with van der Waals surface area (Å²) in [6, 6.07) is 54.9. The molecule has 12 aromatic rings. The lowest BCUT2D eigenvalue weighted by Crippen LogP contribution is -2.29. The fourth-order valence-corrected chi connectivity index (χ4v) is 15.8. The van der Waals surface area contributed by atoms with Gasteiger partial charge < -0.3 is 19.9 Å². The minimum absolute atomic E-state index is 0.305. The van der Waals surface area contributed by atoms with Gasteiger partial charge in [0.25, 0.3) is 23.6 Å². The molecule has 8 aromatic carbocycles. The van der Waals surface area contributed by atoms with Crippen molar-refractivity contribution < 1.29 is 51.5 Å². The summed E-state index contributed by atoms with van der Waals surface area (Å²) in [5.41, 5.74) is 23.1. The fraction of sp³-hybridized carbons (Fsp3) is 0.156. The van der Waals surface area contributed by atoms with E-state index in [1.54, 1.807) is 42.6 Å². The number of aryl methyl sites for hydroxylation is 2. The van der Waals surface area contributed by atoms with Gasteiger partial charge in [0, 0.05) is 121 Å². The Bertz CT molecular complexity index is 6010. The Labute approximate surface area is 666 Å². The van der Waals surface area contributed by atoms with E-state index in [-0.39, 0.29) is 17.7 Å². The summed E-state index contributed by atoms with van der Waals surface area (Å²) in [4.78, 5) is 136. The van der Waals surface area contributed by atoms with E-state index in [2.05, 4.69) is 85.6 Å². The van der Waals surface area contributed by atoms with Gasteiger partial charge in [-0.15, -0.1) is 0 Å². The van der Waals surface area contributed by atoms with E-state index in [0.717, 1.165) is 145 Å². The molecule has 24 nitrogen and oxygen atoms in total. The Kier molecular flexibility index (Phi) is 18.8. The van der Waals surface area contributed by atoms with Crippen LogP contribution in [0, 0.1) is 13.8 Å². The summed E-state index contributed by atoms with van der Waals surface area (Å²) >= 11 is 0. The molecule has 580 valence electrons. The number of urea groups is 4. The number of rotatable bonds is 13. The average molecular weight is 1560 g/mol. The highest BCUT2D eigenvalue weighted by Gasteiger charge is 2.45. The first-order valence-corrected chi connectivity index (χ1v) is 38.0. The number of carbonyl (C=O) groups excluding carboxylic acids is 8. The van der Waals surface area contributed by atoms with Gasteiger partial charge >= 0.3 is 30.3 Å². The zero-order chi connectivity index (χ0) is 80.5. The molecule has 5 fully saturated rings. The lowest BCUT2D eigenvalue weighted by atomic mass is 10.0. The average Bonchev–Trinajstić information content (AvgIpc) is 1.64. The lowest BCUT2D eigenvalue weighted by Gasteiger charge is -2.22. The van der Waals surface area contributed by atoms with Crippen molar-refractivity contribution in [3.63, 3.8) is 0 Å². The molecule has 4 aromatic heterocycles. The number of benzene rings is 8. The predicted octanol–water partition coefficient (Wildman–Crippen LogP) is 17.5. The van der Waals surface area contributed by atoms with Crippen molar-refractivity contribution in [2.24, 2.45) is 20.0 Å². The van der Waals surface area contributed by atoms with Gasteiger partial charge in [-0.3, -0.25) is 80.0 Å². The highest BCUT2D eigenvalue weighted by Crippen LogP contribution is 2.45. The topological polar surface area (TPSA) is 310 Å². The molecule has 4 atom stereocenters. The van der Waals surface area contributed by atoms with Gasteiger partial charge in [-0.1, -0.05) is 121 Å². The molecular weight excluding hydrogens is 1490 g/mol. The SMILES string of the molecule is Cc1c[nH]c(-c2ccc(C3C(=O)NC(=O)N3c3ccc4c(c3)N=CC4)cc2)c1.Cc1cc(-c2ccc(C3C(=O)NC(=O)N3c3ccc4c(c3)N=CC4)cc2)c[nH]1.O=C1NC(=O)N(c2ccc3c(c2)N=CC3)C1c1ccc(-c2cc(C(F)(F)F)c[nH]2)cc1.O=C1NC(=O)N(c2ccc3c(c2)N=CC3)C1c1ccc(-c2cc(C3CC3)c[nH]2)cc1. The molecule has 8 N–H and O–H groups in total. The fourth-order valence-electron chi connectivity index (χ4n) is 15.8. The molecule has 0 spiro atoms. The van der Waals surface area contributed by atoms with Crippen LogP contribution in [0.4, 0.5) is 77.8 Å². The molecule has 8 aliphatic heterocycles. The summed E-state index contributed by atoms with van der Waals surface area (Å²) in [6.45, 7) is 4.03. The quantitative estimate of drug-likeness (QED) is 0.0512. The number of halogens is 3. The van der Waals surface area contributed by atoms with Gasteiger partial charge in [-0.25, -0.2) is 19.2 Å². The minimum atomic E-state index is -4.43. The van der Waals surface area contributed by atoms with Crippen molar-refractivity contribution in [2.45, 2.75) is 88.6 Å². The standard InChI is InChI=1S/C24H20N4O2.C22H15F3N4O2.2C22H18N4O2/c29-23-22(28(24(30)27-23)19-8-7-16-9-10-25-21(16)12-19)17-5-3-15(4-6-17)20-11-18(13-26-20)14-1-2-14;23-22(24,25)15-9-17(27-11-15)12-1-3-14(4-2-12)19-20(30)28-21(31)29(19)16-6-5-13-7-8-26-18(13)10-16;1-13-10-17(12-24-13)14-2-4-16(5-3-14)20-21(27)25-22(28)26(20)18-7-6-15-8-9-23-19(15)11-18;1-13-10-18(24-12-13)14-2-4-16(5-3-14)20-21(27)25-22(28)26(20)17-7-6-15-8-9-23-19(15)11-17/h3-8,10-14,22,26H,1-2,9H2,(H,27,29,30);1-6,8-11,19,27H,7H2,(H,28,30,31);2*2-7,9-12,20,24H,8H2,1H3,(H,25,27,28). The van der Waals surface area contributed by atoms with Crippen LogP contribution >= 0.6 is 0 Å². The molecular formula is C90H71F3N16O8. The number of nitrogens with one attached hydrogen (secondary N) is 8. The van der Waals surface area contributed by atoms with E-state index in [1.807, 2.05) is 178 Å². The molecule has 21 rings (SSSR count). The summed E-state index contributed by atoms with van der Waals surface area (Å²) in [5.74, 6) is -0.724. The number of hydrogen-bond donors (Lipinski definition) is 8. The molecule has 4 unspecified atom stereocenters. The van der Waals surface area contributed by atoms with Crippen LogP contribution in [0.15, 0.2) is 239 Å². The number of hydrogen-bond acceptors (Lipinski definition) is 12. The maximum absolute atomic E-state index is 12.8. The van der Waals surface area contributed by atoms with E-state index < -0.39 is 65.9 Å². The normalized spacial score (nSPS) is 18.4. The number of carbonyl (C=O) groups is 8. The third kappa shape index (κ3) is 14.5. The third-order valence-corrected chi connectivity index (χ3v) is 22.0. The summed E-state index contributed by atoms with van der Waals surface area (Å²) in [7, 11) is 0. The van der Waals surface area contributed by atoms with Crippen LogP contribution in [-0.4, -0.2) is 92.5 Å². The molecule has 1 aliphatic carbocycles. The van der Waals surface area contributed by atoms with E-state index in [9.17, 15) is 51.5 Å². The number of fused-ring (bicyclic) bond motifs is 4. The first-order chi connectivity index (χ1) is 56.7. The second-order valence-electron chi connectivity index (χ2n) is 29.7. The number of aliphatic imine (C=N–C) groups is 4. The molecule has 12 amide bonds. The Balaban J connectivity index is 0.000000108. The van der Waals surface area contributed by atoms with Gasteiger partial charge in [-0.2, -0.15) is 13.2 Å². The number of amides is 12. The van der Waals surface area contributed by atoms with Gasteiger partial charge in [-0.05, 0) is 189 Å². The lowest BCUT2D eigenvalue weighted by molar-refractivity contribution is -0.137. The van der Waals surface area contributed by atoms with Crippen molar-refractivity contribution in [1.82, 2.24) is 41.2 Å². The first kappa shape index (κ1) is 73.6.